The minimum absolute atomic E-state index is 0.611. The summed E-state index contributed by atoms with van der Waals surface area (Å²) < 4.78 is 0. The fourth-order valence-corrected chi connectivity index (χ4v) is 0.606. The summed E-state index contributed by atoms with van der Waals surface area (Å²) in [5, 5.41) is 3.15. The number of rotatable bonds is 3. The van der Waals surface area contributed by atoms with Gasteiger partial charge in [-0.3, -0.25) is 0 Å². The van der Waals surface area contributed by atoms with Gasteiger partial charge in [-0.15, -0.1) is 0 Å². The Labute approximate surface area is 46.7 Å². The monoisotopic (exact) mass is 98.1 g/mol. The fraction of sp³-hybridized carbons (Fsp3) is 1.00. The molecule has 0 aliphatic rings. The molecule has 0 rings (SSSR count). The van der Waals surface area contributed by atoms with Gasteiger partial charge in [0.15, 0.2) is 0 Å². The molecule has 7 heavy (non-hydrogen) atoms. The third-order valence-electron chi connectivity index (χ3n) is 1.21. The van der Waals surface area contributed by atoms with Crippen LogP contribution in [-0.4, -0.2) is 20.3 Å². The van der Waals surface area contributed by atoms with E-state index >= 15 is 0 Å². The first-order chi connectivity index (χ1) is 3.35. The van der Waals surface area contributed by atoms with Gasteiger partial charge in [-0.1, -0.05) is 13.7 Å². The molecule has 0 bridgehead atoms. The molecule has 1 atom stereocenters. The van der Waals surface area contributed by atoms with E-state index in [0.717, 1.165) is 0 Å². The van der Waals surface area contributed by atoms with Gasteiger partial charge in [-0.05, 0) is 19.4 Å². The van der Waals surface area contributed by atoms with Gasteiger partial charge in [0.2, 0.25) is 0 Å². The van der Waals surface area contributed by atoms with Gasteiger partial charge in [-0.2, -0.15) is 0 Å². The van der Waals surface area contributed by atoms with Gasteiger partial charge in [0.25, 0.3) is 0 Å². The first kappa shape index (κ1) is 7.02. The van der Waals surface area contributed by atoms with Crippen molar-refractivity contribution in [2.24, 2.45) is 0 Å². The van der Waals surface area contributed by atoms with Gasteiger partial charge in [0.1, 0.15) is 7.28 Å². The lowest BCUT2D eigenvalue weighted by molar-refractivity contribution is 0.700. The lowest BCUT2D eigenvalue weighted by Crippen LogP contribution is -2.28. The third-order valence-corrected chi connectivity index (χ3v) is 1.21. The molecule has 0 aromatic rings. The second kappa shape index (κ2) is 4.19. The Bertz CT molecular complexity index is 29.6. The van der Waals surface area contributed by atoms with Crippen molar-refractivity contribution in [2.45, 2.75) is 26.1 Å². The van der Waals surface area contributed by atoms with E-state index in [1.165, 1.54) is 6.42 Å². The Hall–Kier alpha value is 0.0249. The van der Waals surface area contributed by atoms with Crippen LogP contribution in [0.1, 0.15) is 13.3 Å². The summed E-state index contributed by atoms with van der Waals surface area (Å²) in [5.41, 5.74) is 0. The first-order valence-corrected chi connectivity index (χ1v) is 2.81. The molecule has 1 radical (unpaired) electrons. The summed E-state index contributed by atoms with van der Waals surface area (Å²) in [7, 11) is 4.15. The van der Waals surface area contributed by atoms with Crippen LogP contribution in [0.15, 0.2) is 0 Å². The highest BCUT2D eigenvalue weighted by molar-refractivity contribution is 6.35. The first-order valence-electron chi connectivity index (χ1n) is 2.81. The van der Waals surface area contributed by atoms with E-state index in [0.29, 0.717) is 5.94 Å². The highest BCUT2D eigenvalue weighted by Gasteiger charge is 1.96. The largest absolute Gasteiger partial charge is 0.325 e. The van der Waals surface area contributed by atoms with Gasteiger partial charge >= 0.3 is 0 Å². The molecule has 0 aliphatic heterocycles. The average Bonchev–Trinajstić information content (AvgIpc) is 1.72. The smallest absolute Gasteiger partial charge is 0.129 e. The summed E-state index contributed by atoms with van der Waals surface area (Å²) in [6.07, 6.45) is 1.19. The average molecular weight is 98.0 g/mol. The molecule has 0 spiro atoms. The lowest BCUT2D eigenvalue weighted by Gasteiger charge is -2.07. The zero-order valence-corrected chi connectivity index (χ0v) is 5.36. The Morgan fingerprint density at radius 3 is 2.29 bits per heavy atom. The van der Waals surface area contributed by atoms with Gasteiger partial charge < -0.3 is 5.32 Å². The quantitative estimate of drug-likeness (QED) is 0.512. The zero-order chi connectivity index (χ0) is 5.70. The van der Waals surface area contributed by atoms with Gasteiger partial charge in [0, 0.05) is 0 Å². The standard InChI is InChI=1S/C5H13BN/c1-4-5(6-2)7-3/h5,7H,4H2,1-3H3. The van der Waals surface area contributed by atoms with Crippen LogP contribution in [0.4, 0.5) is 0 Å². The van der Waals surface area contributed by atoms with Gasteiger partial charge in [-0.25, -0.2) is 0 Å². The van der Waals surface area contributed by atoms with Crippen LogP contribution in [0.3, 0.4) is 0 Å². The summed E-state index contributed by atoms with van der Waals surface area (Å²) >= 11 is 0. The van der Waals surface area contributed by atoms with E-state index < -0.39 is 0 Å². The molecule has 0 saturated carbocycles. The second-order valence-electron chi connectivity index (χ2n) is 1.64. The molecule has 2 heteroatoms. The van der Waals surface area contributed by atoms with Crippen LogP contribution >= 0.6 is 0 Å². The predicted octanol–water partition coefficient (Wildman–Crippen LogP) is 0.694. The highest BCUT2D eigenvalue weighted by atomic mass is 14.8. The molecule has 1 nitrogen and oxygen atoms in total. The Kier molecular flexibility index (Phi) is 4.21. The number of hydrogen-bond donors (Lipinski definition) is 1. The molecule has 0 aliphatic carbocycles. The molecule has 41 valence electrons. The predicted molar refractivity (Wildman–Crippen MR) is 34.8 cm³/mol. The molecular formula is C5H13BN. The molecule has 1 unspecified atom stereocenters. The Morgan fingerprint density at radius 2 is 2.29 bits per heavy atom. The maximum absolute atomic E-state index is 3.15. The zero-order valence-electron chi connectivity index (χ0n) is 5.36. The van der Waals surface area contributed by atoms with E-state index in [1.807, 2.05) is 7.05 Å². The van der Waals surface area contributed by atoms with E-state index in [4.69, 9.17) is 0 Å². The molecule has 0 aromatic heterocycles. The summed E-state index contributed by atoms with van der Waals surface area (Å²) in [4.78, 5) is 0. The van der Waals surface area contributed by atoms with Crippen molar-refractivity contribution in [3.63, 3.8) is 0 Å². The van der Waals surface area contributed by atoms with Crippen molar-refractivity contribution in [1.29, 1.82) is 0 Å². The maximum Gasteiger partial charge on any atom is 0.129 e. The summed E-state index contributed by atoms with van der Waals surface area (Å²) in [6.45, 7) is 4.24. The molecular weight excluding hydrogens is 84.9 g/mol. The van der Waals surface area contributed by atoms with Crippen LogP contribution in [0.25, 0.3) is 0 Å². The Balaban J connectivity index is 2.99. The van der Waals surface area contributed by atoms with Crippen LogP contribution in [-0.2, 0) is 0 Å². The summed E-state index contributed by atoms with van der Waals surface area (Å²) in [6, 6.07) is 0. The molecule has 0 amide bonds. The minimum atomic E-state index is 0.611. The van der Waals surface area contributed by atoms with E-state index in [-0.39, 0.29) is 0 Å². The molecule has 0 fully saturated rings. The fourth-order valence-electron chi connectivity index (χ4n) is 0.606. The van der Waals surface area contributed by atoms with Crippen molar-refractivity contribution in [1.82, 2.24) is 5.32 Å². The van der Waals surface area contributed by atoms with E-state index in [2.05, 4.69) is 26.3 Å². The van der Waals surface area contributed by atoms with Crippen molar-refractivity contribution in [3.8, 4) is 0 Å². The van der Waals surface area contributed by atoms with E-state index in [9.17, 15) is 0 Å². The molecule has 0 saturated heterocycles. The Morgan fingerprint density at radius 1 is 1.71 bits per heavy atom. The number of hydrogen-bond acceptors (Lipinski definition) is 1. The second-order valence-corrected chi connectivity index (χ2v) is 1.64. The van der Waals surface area contributed by atoms with Crippen molar-refractivity contribution in [2.75, 3.05) is 7.05 Å². The molecule has 0 aromatic carbocycles. The van der Waals surface area contributed by atoms with Crippen LogP contribution in [0.5, 0.6) is 0 Å². The normalized spacial score (nSPS) is 13.6. The SMILES string of the molecule is C[B]C(CC)NC. The minimum Gasteiger partial charge on any atom is -0.325 e. The topological polar surface area (TPSA) is 12.0 Å². The molecule has 0 heterocycles. The van der Waals surface area contributed by atoms with Crippen LogP contribution in [0.2, 0.25) is 6.82 Å². The lowest BCUT2D eigenvalue weighted by atomic mass is 9.71. The number of nitrogens with one attached hydrogen (secondary N) is 1. The van der Waals surface area contributed by atoms with Crippen molar-refractivity contribution < 1.29 is 0 Å². The molecule has 1 N–H and O–H groups in total. The maximum atomic E-state index is 3.15. The summed E-state index contributed by atoms with van der Waals surface area (Å²) in [5.74, 6) is 0.611. The van der Waals surface area contributed by atoms with Crippen molar-refractivity contribution in [3.05, 3.63) is 0 Å². The van der Waals surface area contributed by atoms with Crippen LogP contribution < -0.4 is 5.32 Å². The van der Waals surface area contributed by atoms with Crippen molar-refractivity contribution >= 4 is 7.28 Å². The highest BCUT2D eigenvalue weighted by Crippen LogP contribution is 1.83. The van der Waals surface area contributed by atoms with Gasteiger partial charge in [0.05, 0.1) is 0 Å². The third kappa shape index (κ3) is 2.69. The van der Waals surface area contributed by atoms with Crippen LogP contribution in [0, 0.1) is 0 Å². The van der Waals surface area contributed by atoms with E-state index in [1.54, 1.807) is 0 Å².